The van der Waals surface area contributed by atoms with E-state index in [0.717, 1.165) is 25.9 Å². The second kappa shape index (κ2) is 5.94. The van der Waals surface area contributed by atoms with Gasteiger partial charge in [0.2, 0.25) is 5.91 Å². The molecular weight excluding hydrogens is 287 g/mol. The third-order valence-electron chi connectivity index (χ3n) is 4.41. The van der Waals surface area contributed by atoms with Crippen molar-refractivity contribution in [2.75, 3.05) is 29.4 Å². The lowest BCUT2D eigenvalue weighted by Gasteiger charge is -2.29. The summed E-state index contributed by atoms with van der Waals surface area (Å²) in [5, 5.41) is 9.00. The van der Waals surface area contributed by atoms with E-state index in [1.807, 2.05) is 4.90 Å². The van der Waals surface area contributed by atoms with E-state index in [-0.39, 0.29) is 24.7 Å². The Morgan fingerprint density at radius 1 is 1.23 bits per heavy atom. The number of carboxylic acids is 1. The zero-order valence-electron chi connectivity index (χ0n) is 12.3. The molecule has 118 valence electrons. The molecule has 1 aromatic carbocycles. The summed E-state index contributed by atoms with van der Waals surface area (Å²) in [6, 6.07) is 4.73. The van der Waals surface area contributed by atoms with E-state index < -0.39 is 11.9 Å². The van der Waals surface area contributed by atoms with E-state index in [0.29, 0.717) is 11.4 Å². The lowest BCUT2D eigenvalue weighted by molar-refractivity contribution is -0.141. The first kappa shape index (κ1) is 14.8. The van der Waals surface area contributed by atoms with Crippen molar-refractivity contribution in [3.05, 3.63) is 24.0 Å². The minimum absolute atomic E-state index is 0.0230. The number of anilines is 2. The lowest BCUT2D eigenvalue weighted by Crippen LogP contribution is -2.30. The SMILES string of the molecule is O=C(O)[C@@H]1CC(=O)N(c2ccc(N3CCCCC3)c(F)c2)C1. The zero-order chi connectivity index (χ0) is 15.7. The van der Waals surface area contributed by atoms with Crippen LogP contribution in [0.4, 0.5) is 15.8 Å². The summed E-state index contributed by atoms with van der Waals surface area (Å²) in [5.41, 5.74) is 0.997. The van der Waals surface area contributed by atoms with Crippen LogP contribution in [0.25, 0.3) is 0 Å². The first-order chi connectivity index (χ1) is 10.6. The molecule has 6 heteroatoms. The predicted molar refractivity (Wildman–Crippen MR) is 80.6 cm³/mol. The molecule has 22 heavy (non-hydrogen) atoms. The molecule has 0 aromatic heterocycles. The van der Waals surface area contributed by atoms with Crippen LogP contribution < -0.4 is 9.80 Å². The summed E-state index contributed by atoms with van der Waals surface area (Å²) in [6.45, 7) is 1.80. The molecule has 2 fully saturated rings. The molecule has 0 bridgehead atoms. The number of piperidine rings is 1. The molecule has 5 nitrogen and oxygen atoms in total. The maximum absolute atomic E-state index is 14.4. The third-order valence-corrected chi connectivity index (χ3v) is 4.41. The minimum atomic E-state index is -0.985. The van der Waals surface area contributed by atoms with Crippen molar-refractivity contribution in [1.82, 2.24) is 0 Å². The number of carbonyl (C=O) groups excluding carboxylic acids is 1. The van der Waals surface area contributed by atoms with Gasteiger partial charge in [-0.05, 0) is 37.5 Å². The van der Waals surface area contributed by atoms with Gasteiger partial charge in [-0.1, -0.05) is 0 Å². The van der Waals surface area contributed by atoms with Crippen LogP contribution in [0.5, 0.6) is 0 Å². The largest absolute Gasteiger partial charge is 0.481 e. The maximum atomic E-state index is 14.4. The Morgan fingerprint density at radius 2 is 1.95 bits per heavy atom. The number of aliphatic carboxylic acids is 1. The molecule has 0 spiro atoms. The number of hydrogen-bond acceptors (Lipinski definition) is 3. The summed E-state index contributed by atoms with van der Waals surface area (Å²) >= 11 is 0. The summed E-state index contributed by atoms with van der Waals surface area (Å²) in [5.74, 6) is -2.32. The van der Waals surface area contributed by atoms with Crippen LogP contribution in [-0.4, -0.2) is 36.6 Å². The summed E-state index contributed by atoms with van der Waals surface area (Å²) in [7, 11) is 0. The van der Waals surface area contributed by atoms with Gasteiger partial charge in [0.15, 0.2) is 0 Å². The molecule has 1 aromatic rings. The van der Waals surface area contributed by atoms with Gasteiger partial charge in [0.05, 0.1) is 11.6 Å². The molecule has 0 unspecified atom stereocenters. The first-order valence-electron chi connectivity index (χ1n) is 7.64. The summed E-state index contributed by atoms with van der Waals surface area (Å²) < 4.78 is 14.4. The highest BCUT2D eigenvalue weighted by atomic mass is 19.1. The Labute approximate surface area is 128 Å². The van der Waals surface area contributed by atoms with Gasteiger partial charge < -0.3 is 14.9 Å². The number of hydrogen-bond donors (Lipinski definition) is 1. The van der Waals surface area contributed by atoms with Crippen LogP contribution in [0.2, 0.25) is 0 Å². The number of carbonyl (C=O) groups is 2. The summed E-state index contributed by atoms with van der Waals surface area (Å²) in [6.07, 6.45) is 3.28. The molecular formula is C16H19FN2O3. The number of carboxylic acid groups (broad SMARTS) is 1. The van der Waals surface area contributed by atoms with E-state index in [9.17, 15) is 14.0 Å². The van der Waals surface area contributed by atoms with Crippen LogP contribution in [0.3, 0.4) is 0 Å². The number of halogens is 1. The molecule has 2 saturated heterocycles. The fourth-order valence-electron chi connectivity index (χ4n) is 3.18. The highest BCUT2D eigenvalue weighted by molar-refractivity contribution is 5.99. The van der Waals surface area contributed by atoms with Gasteiger partial charge in [-0.3, -0.25) is 9.59 Å². The Hall–Kier alpha value is -2.11. The fraction of sp³-hybridized carbons (Fsp3) is 0.500. The van der Waals surface area contributed by atoms with Gasteiger partial charge in [-0.2, -0.15) is 0 Å². The van der Waals surface area contributed by atoms with Gasteiger partial charge in [0.25, 0.3) is 0 Å². The third kappa shape index (κ3) is 2.77. The normalized spacial score (nSPS) is 22.2. The Balaban J connectivity index is 1.80. The van der Waals surface area contributed by atoms with Crippen LogP contribution >= 0.6 is 0 Å². The van der Waals surface area contributed by atoms with E-state index in [2.05, 4.69) is 0 Å². The van der Waals surface area contributed by atoms with E-state index in [4.69, 9.17) is 5.11 Å². The Bertz CT molecular complexity index is 599. The van der Waals surface area contributed by atoms with Crippen molar-refractivity contribution in [3.63, 3.8) is 0 Å². The van der Waals surface area contributed by atoms with Gasteiger partial charge in [0, 0.05) is 31.7 Å². The number of benzene rings is 1. The average molecular weight is 306 g/mol. The Kier molecular flexibility index (Phi) is 4.00. The van der Waals surface area contributed by atoms with Gasteiger partial charge in [-0.15, -0.1) is 0 Å². The standard InChI is InChI=1S/C16H19FN2O3/c17-13-9-12(19-10-11(16(21)22)8-15(19)20)4-5-14(13)18-6-2-1-3-7-18/h4-5,9,11H,1-3,6-8,10H2,(H,21,22)/t11-/m1/s1. The molecule has 2 aliphatic heterocycles. The van der Waals surface area contributed by atoms with Crippen LogP contribution in [0.1, 0.15) is 25.7 Å². The van der Waals surface area contributed by atoms with Crippen molar-refractivity contribution >= 4 is 23.3 Å². The highest BCUT2D eigenvalue weighted by Crippen LogP contribution is 2.30. The second-order valence-corrected chi connectivity index (χ2v) is 5.93. The zero-order valence-corrected chi connectivity index (χ0v) is 12.3. The highest BCUT2D eigenvalue weighted by Gasteiger charge is 2.35. The van der Waals surface area contributed by atoms with Gasteiger partial charge in [0.1, 0.15) is 5.82 Å². The quantitative estimate of drug-likeness (QED) is 0.930. The van der Waals surface area contributed by atoms with Crippen molar-refractivity contribution in [3.8, 4) is 0 Å². The van der Waals surface area contributed by atoms with Crippen LogP contribution in [0, 0.1) is 11.7 Å². The second-order valence-electron chi connectivity index (χ2n) is 5.93. The number of nitrogens with zero attached hydrogens (tertiary/aromatic N) is 2. The molecule has 2 heterocycles. The van der Waals surface area contributed by atoms with Crippen molar-refractivity contribution < 1.29 is 19.1 Å². The van der Waals surface area contributed by atoms with Crippen molar-refractivity contribution in [2.24, 2.45) is 5.92 Å². The molecule has 2 aliphatic rings. The molecule has 0 aliphatic carbocycles. The minimum Gasteiger partial charge on any atom is -0.481 e. The van der Waals surface area contributed by atoms with Crippen molar-refractivity contribution in [1.29, 1.82) is 0 Å². The summed E-state index contributed by atoms with van der Waals surface area (Å²) in [4.78, 5) is 26.3. The van der Waals surface area contributed by atoms with Gasteiger partial charge >= 0.3 is 5.97 Å². The molecule has 3 rings (SSSR count). The Morgan fingerprint density at radius 3 is 2.55 bits per heavy atom. The maximum Gasteiger partial charge on any atom is 0.308 e. The van der Waals surface area contributed by atoms with E-state index >= 15 is 0 Å². The molecule has 0 saturated carbocycles. The lowest BCUT2D eigenvalue weighted by atomic mass is 10.1. The average Bonchev–Trinajstić information content (AvgIpc) is 2.90. The van der Waals surface area contributed by atoms with E-state index in [1.165, 1.54) is 17.4 Å². The number of amides is 1. The fourth-order valence-corrected chi connectivity index (χ4v) is 3.18. The molecule has 1 N–H and O–H groups in total. The van der Waals surface area contributed by atoms with Gasteiger partial charge in [-0.25, -0.2) is 4.39 Å². The van der Waals surface area contributed by atoms with Crippen LogP contribution in [0.15, 0.2) is 18.2 Å². The number of rotatable bonds is 3. The monoisotopic (exact) mass is 306 g/mol. The predicted octanol–water partition coefficient (Wildman–Crippen LogP) is 2.25. The first-order valence-corrected chi connectivity index (χ1v) is 7.64. The van der Waals surface area contributed by atoms with Crippen molar-refractivity contribution in [2.45, 2.75) is 25.7 Å². The molecule has 1 amide bonds. The topological polar surface area (TPSA) is 60.9 Å². The van der Waals surface area contributed by atoms with Crippen LogP contribution in [-0.2, 0) is 9.59 Å². The molecule has 0 radical (unpaired) electrons. The smallest absolute Gasteiger partial charge is 0.308 e. The molecule has 1 atom stereocenters. The van der Waals surface area contributed by atoms with E-state index in [1.54, 1.807) is 12.1 Å².